The maximum Gasteiger partial charge on any atom is 0.0943 e. The van der Waals surface area contributed by atoms with Gasteiger partial charge in [-0.05, 0) is 46.7 Å². The Morgan fingerprint density at radius 3 is 2.54 bits per heavy atom. The lowest BCUT2D eigenvalue weighted by atomic mass is 9.81. The van der Waals surface area contributed by atoms with E-state index in [1.165, 1.54) is 27.1 Å². The zero-order valence-electron chi connectivity index (χ0n) is 14.1. The average molecular weight is 355 g/mol. The van der Waals surface area contributed by atoms with Crippen molar-refractivity contribution < 1.29 is 4.74 Å². The summed E-state index contributed by atoms with van der Waals surface area (Å²) in [5.74, 6) is 0.243. The van der Waals surface area contributed by atoms with Crippen LogP contribution in [0.5, 0.6) is 0 Å². The molecule has 0 amide bonds. The highest BCUT2D eigenvalue weighted by Crippen LogP contribution is 2.58. The number of fused-ring (bicyclic) bond motifs is 9. The van der Waals surface area contributed by atoms with Crippen LogP contribution in [0.1, 0.15) is 46.1 Å². The molecule has 1 saturated heterocycles. The highest BCUT2D eigenvalue weighted by atomic mass is 32.1. The standard InChI is InChI=1S/C23H17NOS/c1-2-7-16-15(6-1)20-13-14-12-19(21-10-5-11-26-21)24-18-9-4-3-8-17(18)22(14)23(16)25-20/h1-12,20,22-23H,13H2/t20-,22-,23-/m1/s1. The summed E-state index contributed by atoms with van der Waals surface area (Å²) < 4.78 is 6.49. The zero-order valence-corrected chi connectivity index (χ0v) is 14.9. The fraction of sp³-hybridized carbons (Fsp3) is 0.174. The maximum absolute atomic E-state index is 6.49. The van der Waals surface area contributed by atoms with Crippen molar-refractivity contribution >= 4 is 22.7 Å². The largest absolute Gasteiger partial charge is 0.364 e. The van der Waals surface area contributed by atoms with Crippen molar-refractivity contribution in [2.75, 3.05) is 0 Å². The van der Waals surface area contributed by atoms with Gasteiger partial charge in [0, 0.05) is 5.92 Å². The van der Waals surface area contributed by atoms with Gasteiger partial charge in [0.05, 0.1) is 28.5 Å². The van der Waals surface area contributed by atoms with Crippen molar-refractivity contribution in [3.63, 3.8) is 0 Å². The summed E-state index contributed by atoms with van der Waals surface area (Å²) in [6.07, 6.45) is 3.53. The van der Waals surface area contributed by atoms with Crippen LogP contribution in [0.3, 0.4) is 0 Å². The minimum absolute atomic E-state index is 0.0928. The van der Waals surface area contributed by atoms with E-state index < -0.39 is 0 Å². The molecule has 0 unspecified atom stereocenters. The molecule has 1 aromatic heterocycles. The number of allylic oxidation sites excluding steroid dienone is 1. The molecular weight excluding hydrogens is 338 g/mol. The van der Waals surface area contributed by atoms with E-state index in [0.717, 1.165) is 17.8 Å². The summed E-state index contributed by atoms with van der Waals surface area (Å²) in [5.41, 5.74) is 7.58. The molecule has 0 radical (unpaired) electrons. The van der Waals surface area contributed by atoms with Crippen molar-refractivity contribution in [1.82, 2.24) is 0 Å². The first-order valence-corrected chi connectivity index (χ1v) is 9.93. The molecule has 0 spiro atoms. The molecule has 3 atom stereocenters. The van der Waals surface area contributed by atoms with E-state index in [2.05, 4.69) is 72.1 Å². The minimum atomic E-state index is 0.0928. The zero-order chi connectivity index (χ0) is 17.1. The number of thiophene rings is 1. The molecule has 4 heterocycles. The number of hydrogen-bond acceptors (Lipinski definition) is 3. The molecule has 0 aliphatic carbocycles. The van der Waals surface area contributed by atoms with Crippen molar-refractivity contribution in [2.24, 2.45) is 4.99 Å². The molecule has 6 rings (SSSR count). The molecule has 1 fully saturated rings. The van der Waals surface area contributed by atoms with Gasteiger partial charge in [-0.15, -0.1) is 11.3 Å². The monoisotopic (exact) mass is 355 g/mol. The topological polar surface area (TPSA) is 21.6 Å². The summed E-state index contributed by atoms with van der Waals surface area (Å²) >= 11 is 1.75. The average Bonchev–Trinajstić information content (AvgIpc) is 3.27. The Hall–Kier alpha value is -2.49. The molecule has 2 aromatic carbocycles. The summed E-state index contributed by atoms with van der Waals surface area (Å²) in [6.45, 7) is 0. The summed E-state index contributed by atoms with van der Waals surface area (Å²) in [4.78, 5) is 6.27. The Labute approximate surface area is 156 Å². The Morgan fingerprint density at radius 1 is 0.885 bits per heavy atom. The minimum Gasteiger partial charge on any atom is -0.364 e. The van der Waals surface area contributed by atoms with E-state index >= 15 is 0 Å². The van der Waals surface area contributed by atoms with E-state index in [9.17, 15) is 0 Å². The predicted molar refractivity (Wildman–Crippen MR) is 105 cm³/mol. The summed E-state index contributed by atoms with van der Waals surface area (Å²) in [6, 6.07) is 21.5. The van der Waals surface area contributed by atoms with E-state index in [0.29, 0.717) is 0 Å². The number of nitrogens with zero attached hydrogens (tertiary/aromatic N) is 1. The van der Waals surface area contributed by atoms with Crippen LogP contribution in [-0.2, 0) is 4.74 Å². The van der Waals surface area contributed by atoms with E-state index in [-0.39, 0.29) is 18.1 Å². The Balaban J connectivity index is 1.59. The van der Waals surface area contributed by atoms with Gasteiger partial charge in [-0.3, -0.25) is 0 Å². The van der Waals surface area contributed by atoms with Crippen LogP contribution in [0, 0.1) is 0 Å². The fourth-order valence-corrected chi connectivity index (χ4v) is 5.28. The Morgan fingerprint density at radius 2 is 1.69 bits per heavy atom. The lowest BCUT2D eigenvalue weighted by molar-refractivity contribution is -0.0203. The molecule has 26 heavy (non-hydrogen) atoms. The van der Waals surface area contributed by atoms with E-state index in [1.54, 1.807) is 11.3 Å². The number of hydrogen-bond donors (Lipinski definition) is 0. The van der Waals surface area contributed by atoms with Crippen LogP contribution >= 0.6 is 11.3 Å². The van der Waals surface area contributed by atoms with Crippen molar-refractivity contribution in [2.45, 2.75) is 24.5 Å². The van der Waals surface area contributed by atoms with Gasteiger partial charge in [-0.1, -0.05) is 54.1 Å². The fourth-order valence-electron chi connectivity index (χ4n) is 4.59. The van der Waals surface area contributed by atoms with Crippen LogP contribution in [0.2, 0.25) is 0 Å². The van der Waals surface area contributed by atoms with Crippen LogP contribution in [0.25, 0.3) is 0 Å². The highest BCUT2D eigenvalue weighted by molar-refractivity contribution is 7.12. The highest BCUT2D eigenvalue weighted by Gasteiger charge is 2.45. The van der Waals surface area contributed by atoms with Gasteiger partial charge in [0.25, 0.3) is 0 Å². The number of aliphatic imine (C=N–C) groups is 1. The van der Waals surface area contributed by atoms with Crippen molar-refractivity contribution in [1.29, 1.82) is 0 Å². The lowest BCUT2D eigenvalue weighted by Crippen LogP contribution is -2.19. The molecule has 0 saturated carbocycles. The SMILES string of the molecule is C1=C2C[C@H]3O[C@H](c4ccccc43)[C@H]2c2ccccc2N=C1c1cccs1. The normalized spacial score (nSPS) is 25.5. The molecule has 2 nitrogen and oxygen atoms in total. The molecule has 3 aromatic rings. The van der Waals surface area contributed by atoms with Crippen molar-refractivity contribution in [3.8, 4) is 0 Å². The molecular formula is C23H17NOS. The van der Waals surface area contributed by atoms with Crippen LogP contribution in [0.15, 0.2) is 82.7 Å². The van der Waals surface area contributed by atoms with Crippen LogP contribution in [-0.4, -0.2) is 5.71 Å². The van der Waals surface area contributed by atoms with Gasteiger partial charge >= 0.3 is 0 Å². The number of benzene rings is 2. The number of para-hydroxylation sites is 1. The van der Waals surface area contributed by atoms with Crippen molar-refractivity contribution in [3.05, 3.63) is 99.3 Å². The smallest absolute Gasteiger partial charge is 0.0943 e. The Bertz CT molecular complexity index is 1060. The maximum atomic E-state index is 6.49. The molecule has 3 aliphatic rings. The quantitative estimate of drug-likeness (QED) is 0.516. The first-order chi connectivity index (χ1) is 12.9. The second kappa shape index (κ2) is 5.50. The molecule has 0 N–H and O–H groups in total. The van der Waals surface area contributed by atoms with E-state index in [4.69, 9.17) is 9.73 Å². The first-order valence-electron chi connectivity index (χ1n) is 9.05. The van der Waals surface area contributed by atoms with Gasteiger partial charge in [0.1, 0.15) is 0 Å². The molecule has 2 bridgehead atoms. The van der Waals surface area contributed by atoms with Gasteiger partial charge in [0.2, 0.25) is 0 Å². The molecule has 3 heteroatoms. The van der Waals surface area contributed by atoms with Crippen LogP contribution < -0.4 is 0 Å². The summed E-state index contributed by atoms with van der Waals surface area (Å²) in [5, 5.41) is 2.12. The second-order valence-electron chi connectivity index (χ2n) is 7.11. The molecule has 3 aliphatic heterocycles. The lowest BCUT2D eigenvalue weighted by Gasteiger charge is -2.32. The number of ether oxygens (including phenoxy) is 1. The Kier molecular flexibility index (Phi) is 3.10. The van der Waals surface area contributed by atoms with Gasteiger partial charge in [-0.25, -0.2) is 4.99 Å². The number of rotatable bonds is 1. The predicted octanol–water partition coefficient (Wildman–Crippen LogP) is 6.11. The van der Waals surface area contributed by atoms with Gasteiger partial charge in [-0.2, -0.15) is 0 Å². The van der Waals surface area contributed by atoms with Gasteiger partial charge < -0.3 is 4.74 Å². The van der Waals surface area contributed by atoms with E-state index in [1.807, 2.05) is 0 Å². The summed E-state index contributed by atoms with van der Waals surface area (Å²) in [7, 11) is 0. The third kappa shape index (κ3) is 2.05. The van der Waals surface area contributed by atoms with Crippen LogP contribution in [0.4, 0.5) is 5.69 Å². The van der Waals surface area contributed by atoms with Gasteiger partial charge in [0.15, 0.2) is 0 Å². The molecule has 126 valence electrons. The third-order valence-corrected chi connectivity index (χ3v) is 6.58. The third-order valence-electron chi connectivity index (χ3n) is 5.69. The first kappa shape index (κ1) is 14.7. The second-order valence-corrected chi connectivity index (χ2v) is 8.06.